The van der Waals surface area contributed by atoms with Crippen molar-refractivity contribution in [3.8, 4) is 0 Å². The fraction of sp³-hybridized carbons (Fsp3) is 0.458. The van der Waals surface area contributed by atoms with Gasteiger partial charge in [-0.2, -0.15) is 0 Å². The summed E-state index contributed by atoms with van der Waals surface area (Å²) in [6.07, 6.45) is 7.79. The number of benzene rings is 1. The zero-order valence-electron chi connectivity index (χ0n) is 17.7. The number of carbonyl (C=O) groups excluding carboxylic acids is 1. The largest absolute Gasteiger partial charge is 0.376 e. The minimum Gasteiger partial charge on any atom is -0.376 e. The first kappa shape index (κ1) is 20.2. The molecule has 31 heavy (non-hydrogen) atoms. The quantitative estimate of drug-likeness (QED) is 0.642. The summed E-state index contributed by atoms with van der Waals surface area (Å²) in [5, 5.41) is 6.44. The van der Waals surface area contributed by atoms with Crippen LogP contribution in [0, 0.1) is 5.41 Å². The molecular weight excluding hydrogens is 390 g/mol. The summed E-state index contributed by atoms with van der Waals surface area (Å²) in [4.78, 5) is 21.7. The monoisotopic (exact) mass is 419 g/mol. The Labute approximate surface area is 182 Å². The Bertz CT molecular complexity index is 1040. The van der Waals surface area contributed by atoms with Crippen LogP contribution in [0.2, 0.25) is 0 Å². The normalized spacial score (nSPS) is 20.3. The van der Waals surface area contributed by atoms with Crippen molar-refractivity contribution in [3.05, 3.63) is 60.0 Å². The number of fused-ring (bicyclic) bond motifs is 1. The Hall–Kier alpha value is -2.77. The van der Waals surface area contributed by atoms with Crippen molar-refractivity contribution in [3.63, 3.8) is 0 Å². The average Bonchev–Trinajstić information content (AvgIpc) is 3.40. The molecule has 0 saturated carbocycles. The van der Waals surface area contributed by atoms with Gasteiger partial charge in [-0.1, -0.05) is 30.3 Å². The van der Waals surface area contributed by atoms with Gasteiger partial charge in [0.05, 0.1) is 24.6 Å². The third-order valence-electron chi connectivity index (χ3n) is 6.64. The number of nitrogens with zero attached hydrogens (tertiary/aromatic N) is 3. The fourth-order valence-corrected chi connectivity index (χ4v) is 4.77. The van der Waals surface area contributed by atoms with Crippen LogP contribution in [0.25, 0.3) is 11.2 Å². The highest BCUT2D eigenvalue weighted by molar-refractivity contribution is 5.96. The molecule has 1 atom stereocenters. The van der Waals surface area contributed by atoms with Crippen LogP contribution in [0.4, 0.5) is 0 Å². The number of piperidine rings is 1. The summed E-state index contributed by atoms with van der Waals surface area (Å²) >= 11 is 0. The van der Waals surface area contributed by atoms with E-state index in [1.807, 2.05) is 28.8 Å². The Morgan fingerprint density at radius 2 is 2.06 bits per heavy atom. The predicted molar refractivity (Wildman–Crippen MR) is 119 cm³/mol. The van der Waals surface area contributed by atoms with E-state index >= 15 is 0 Å². The maximum atomic E-state index is 12.7. The molecule has 7 heteroatoms. The summed E-state index contributed by atoms with van der Waals surface area (Å²) in [5.74, 6) is -0.122. The number of hydrogen-bond donors (Lipinski definition) is 2. The van der Waals surface area contributed by atoms with Gasteiger partial charge in [0.1, 0.15) is 5.52 Å². The number of amides is 1. The Morgan fingerprint density at radius 1 is 1.23 bits per heavy atom. The molecule has 3 aromatic rings. The van der Waals surface area contributed by atoms with E-state index in [9.17, 15) is 4.79 Å². The van der Waals surface area contributed by atoms with Crippen molar-refractivity contribution >= 4 is 17.1 Å². The number of ether oxygens (including phenoxy) is 1. The molecule has 2 saturated heterocycles. The molecule has 0 aliphatic carbocycles. The predicted octanol–water partition coefficient (Wildman–Crippen LogP) is 2.56. The molecule has 1 aromatic carbocycles. The Balaban J connectivity index is 1.18. The van der Waals surface area contributed by atoms with Gasteiger partial charge in [0.2, 0.25) is 0 Å². The van der Waals surface area contributed by atoms with E-state index in [4.69, 9.17) is 4.74 Å². The molecule has 2 aliphatic rings. The highest BCUT2D eigenvalue weighted by Crippen LogP contribution is 2.40. The van der Waals surface area contributed by atoms with Crippen molar-refractivity contribution in [2.75, 3.05) is 26.2 Å². The summed E-state index contributed by atoms with van der Waals surface area (Å²) < 4.78 is 8.03. The van der Waals surface area contributed by atoms with E-state index in [2.05, 4.69) is 32.7 Å². The lowest BCUT2D eigenvalue weighted by molar-refractivity contribution is 0.0781. The number of aromatic nitrogens is 3. The topological polar surface area (TPSA) is 81.1 Å². The average molecular weight is 420 g/mol. The number of nitrogens with one attached hydrogen (secondary N) is 2. The highest BCUT2D eigenvalue weighted by atomic mass is 16.5. The van der Waals surface area contributed by atoms with Crippen molar-refractivity contribution < 1.29 is 9.53 Å². The van der Waals surface area contributed by atoms with E-state index in [-0.39, 0.29) is 12.0 Å². The molecule has 2 aromatic heterocycles. The summed E-state index contributed by atoms with van der Waals surface area (Å²) in [6.45, 7) is 4.27. The minimum absolute atomic E-state index is 0.0935. The second kappa shape index (κ2) is 8.77. The fourth-order valence-electron chi connectivity index (χ4n) is 4.77. The molecule has 4 heterocycles. The van der Waals surface area contributed by atoms with Crippen LogP contribution in [0.15, 0.2) is 48.9 Å². The second-order valence-electron chi connectivity index (χ2n) is 8.84. The van der Waals surface area contributed by atoms with E-state index in [0.717, 1.165) is 63.1 Å². The number of hydrogen-bond acceptors (Lipinski definition) is 5. The molecule has 2 N–H and O–H groups in total. The minimum atomic E-state index is -0.122. The van der Waals surface area contributed by atoms with Gasteiger partial charge in [0.25, 0.3) is 5.91 Å². The van der Waals surface area contributed by atoms with E-state index in [0.29, 0.717) is 17.5 Å². The zero-order valence-corrected chi connectivity index (χ0v) is 17.7. The molecule has 1 amide bonds. The van der Waals surface area contributed by atoms with Crippen molar-refractivity contribution in [2.24, 2.45) is 5.41 Å². The Kier molecular flexibility index (Phi) is 5.70. The second-order valence-corrected chi connectivity index (χ2v) is 8.84. The van der Waals surface area contributed by atoms with Crippen LogP contribution >= 0.6 is 0 Å². The van der Waals surface area contributed by atoms with Crippen LogP contribution in [0.5, 0.6) is 0 Å². The number of imidazole rings is 1. The summed E-state index contributed by atoms with van der Waals surface area (Å²) in [5.41, 5.74) is 3.66. The number of pyridine rings is 1. The van der Waals surface area contributed by atoms with Gasteiger partial charge in [0.15, 0.2) is 5.65 Å². The van der Waals surface area contributed by atoms with Gasteiger partial charge < -0.3 is 19.9 Å². The maximum Gasteiger partial charge on any atom is 0.253 e. The first-order valence-electron chi connectivity index (χ1n) is 11.2. The SMILES string of the molecule is O=C(NCC1CC2(CCNCC2)CO1)c1cnc2c(c1)ncn2CCc1ccccc1. The van der Waals surface area contributed by atoms with Gasteiger partial charge in [-0.05, 0) is 55.8 Å². The van der Waals surface area contributed by atoms with Crippen LogP contribution in [0.3, 0.4) is 0 Å². The van der Waals surface area contributed by atoms with E-state index in [1.165, 1.54) is 5.56 Å². The van der Waals surface area contributed by atoms with E-state index < -0.39 is 0 Å². The molecule has 1 spiro atoms. The number of rotatable bonds is 6. The lowest BCUT2D eigenvalue weighted by Gasteiger charge is -2.32. The van der Waals surface area contributed by atoms with Crippen LogP contribution < -0.4 is 10.6 Å². The lowest BCUT2D eigenvalue weighted by Crippen LogP contribution is -2.38. The molecule has 5 rings (SSSR count). The van der Waals surface area contributed by atoms with Crippen LogP contribution in [-0.2, 0) is 17.7 Å². The molecule has 162 valence electrons. The molecule has 7 nitrogen and oxygen atoms in total. The van der Waals surface area contributed by atoms with Crippen molar-refractivity contribution in [1.29, 1.82) is 0 Å². The van der Waals surface area contributed by atoms with Gasteiger partial charge in [0, 0.05) is 19.3 Å². The van der Waals surface area contributed by atoms with Crippen LogP contribution in [0.1, 0.15) is 35.2 Å². The maximum absolute atomic E-state index is 12.7. The molecule has 2 aliphatic heterocycles. The van der Waals surface area contributed by atoms with Crippen molar-refractivity contribution in [1.82, 2.24) is 25.2 Å². The third-order valence-corrected chi connectivity index (χ3v) is 6.64. The van der Waals surface area contributed by atoms with Gasteiger partial charge >= 0.3 is 0 Å². The smallest absolute Gasteiger partial charge is 0.253 e. The lowest BCUT2D eigenvalue weighted by atomic mass is 9.77. The number of carbonyl (C=O) groups is 1. The summed E-state index contributed by atoms with van der Waals surface area (Å²) in [6, 6.07) is 12.2. The van der Waals surface area contributed by atoms with Crippen LogP contribution in [-0.4, -0.2) is 52.8 Å². The first-order chi connectivity index (χ1) is 15.2. The highest BCUT2D eigenvalue weighted by Gasteiger charge is 2.40. The molecule has 2 fully saturated rings. The first-order valence-corrected chi connectivity index (χ1v) is 11.2. The standard InChI is InChI=1S/C24H29N5O2/c30-23(27-15-20-13-24(16-31-20)7-9-25-10-8-24)19-12-21-22(26-14-19)29(17-28-21)11-6-18-4-2-1-3-5-18/h1-5,12,14,17,20,25H,6-11,13,15-16H2,(H,27,30). The zero-order chi connectivity index (χ0) is 21.1. The molecule has 0 bridgehead atoms. The van der Waals surface area contributed by atoms with Gasteiger partial charge in [-0.15, -0.1) is 0 Å². The molecule has 0 radical (unpaired) electrons. The van der Waals surface area contributed by atoms with Gasteiger partial charge in [-0.25, -0.2) is 9.97 Å². The molecular formula is C24H29N5O2. The molecule has 1 unspecified atom stereocenters. The van der Waals surface area contributed by atoms with Gasteiger partial charge in [-0.3, -0.25) is 4.79 Å². The van der Waals surface area contributed by atoms with E-state index in [1.54, 1.807) is 12.5 Å². The Morgan fingerprint density at radius 3 is 2.90 bits per heavy atom. The third kappa shape index (κ3) is 4.48. The summed E-state index contributed by atoms with van der Waals surface area (Å²) in [7, 11) is 0. The number of aryl methyl sites for hydroxylation is 2. The van der Waals surface area contributed by atoms with Crippen molar-refractivity contribution in [2.45, 2.75) is 38.3 Å².